The lowest BCUT2D eigenvalue weighted by atomic mass is 10.1. The molecule has 2 rings (SSSR count). The number of sulfonamides is 1. The first-order valence-electron chi connectivity index (χ1n) is 7.02. The molecule has 0 spiro atoms. The summed E-state index contributed by atoms with van der Waals surface area (Å²) in [6.07, 6.45) is -3.98. The molecule has 0 aliphatic carbocycles. The maximum Gasteiger partial charge on any atom is 0.409 e. The van der Waals surface area contributed by atoms with Crippen LogP contribution in [0, 0.1) is 0 Å². The summed E-state index contributed by atoms with van der Waals surface area (Å²) in [5, 5.41) is -0.206. The summed E-state index contributed by atoms with van der Waals surface area (Å²) in [6.45, 7) is 0. The van der Waals surface area contributed by atoms with Gasteiger partial charge in [0, 0.05) is 25.3 Å². The van der Waals surface area contributed by atoms with Crippen LogP contribution in [0.15, 0.2) is 46.2 Å². The third-order valence-electron chi connectivity index (χ3n) is 3.65. The second kappa shape index (κ2) is 7.22. The van der Waals surface area contributed by atoms with Crippen molar-refractivity contribution in [2.75, 3.05) is 7.05 Å². The lowest BCUT2D eigenvalue weighted by molar-refractivity contribution is -0.171. The molecular formula is C15H13Cl2F3N2O3S. The number of alkyl halides is 3. The highest BCUT2D eigenvalue weighted by atomic mass is 35.5. The fraction of sp³-hybridized carbons (Fsp3) is 0.267. The zero-order chi connectivity index (χ0) is 19.9. The summed E-state index contributed by atoms with van der Waals surface area (Å²) in [6, 6.07) is 3.05. The van der Waals surface area contributed by atoms with E-state index in [4.69, 9.17) is 23.2 Å². The molecule has 0 saturated heterocycles. The molecular weight excluding hydrogens is 416 g/mol. The van der Waals surface area contributed by atoms with E-state index in [9.17, 15) is 26.4 Å². The number of rotatable bonds is 4. The Morgan fingerprint density at radius 1 is 1.15 bits per heavy atom. The fourth-order valence-corrected chi connectivity index (χ4v) is 4.19. The lowest BCUT2D eigenvalue weighted by Crippen LogP contribution is -2.40. The number of halogens is 5. The van der Waals surface area contributed by atoms with Gasteiger partial charge in [-0.25, -0.2) is 8.42 Å². The van der Waals surface area contributed by atoms with Crippen LogP contribution < -0.4 is 5.56 Å². The topological polar surface area (TPSA) is 59.4 Å². The van der Waals surface area contributed by atoms with E-state index in [0.717, 1.165) is 36.0 Å². The summed E-state index contributed by atoms with van der Waals surface area (Å²) >= 11 is 11.4. The van der Waals surface area contributed by atoms with Crippen molar-refractivity contribution in [3.63, 3.8) is 0 Å². The van der Waals surface area contributed by atoms with Crippen LogP contribution in [0.3, 0.4) is 0 Å². The average molecular weight is 429 g/mol. The maximum absolute atomic E-state index is 13.6. The summed E-state index contributed by atoms with van der Waals surface area (Å²) < 4.78 is 67.3. The molecule has 26 heavy (non-hydrogen) atoms. The van der Waals surface area contributed by atoms with E-state index in [0.29, 0.717) is 0 Å². The molecule has 0 N–H and O–H groups in total. The van der Waals surface area contributed by atoms with Gasteiger partial charge in [0.25, 0.3) is 5.56 Å². The van der Waals surface area contributed by atoms with E-state index in [-0.39, 0.29) is 14.9 Å². The minimum absolute atomic E-state index is 0.187. The predicted octanol–water partition coefficient (Wildman–Crippen LogP) is 3.62. The smallest absolute Gasteiger partial charge is 0.316 e. The highest BCUT2D eigenvalue weighted by Crippen LogP contribution is 2.39. The van der Waals surface area contributed by atoms with Crippen LogP contribution in [0.4, 0.5) is 13.2 Å². The Bertz CT molecular complexity index is 947. The number of hydrogen-bond acceptors (Lipinski definition) is 3. The van der Waals surface area contributed by atoms with Crippen molar-refractivity contribution in [2.45, 2.75) is 17.1 Å². The number of nitrogens with zero attached hydrogens (tertiary/aromatic N) is 2. The van der Waals surface area contributed by atoms with Gasteiger partial charge in [-0.3, -0.25) is 4.79 Å². The number of aryl methyl sites for hydroxylation is 1. The Kier molecular flexibility index (Phi) is 5.77. The molecule has 0 fully saturated rings. The SMILES string of the molecule is CN([C@H](c1ccc(Cl)cc1)C(F)(F)F)S(=O)(=O)c1cc(Cl)c(=O)n(C)c1. The minimum Gasteiger partial charge on any atom is -0.316 e. The molecule has 0 radical (unpaired) electrons. The van der Waals surface area contributed by atoms with Crippen LogP contribution in [0.25, 0.3) is 0 Å². The van der Waals surface area contributed by atoms with Gasteiger partial charge in [0.1, 0.15) is 16.0 Å². The Morgan fingerprint density at radius 3 is 2.15 bits per heavy atom. The van der Waals surface area contributed by atoms with Crippen LogP contribution in [-0.4, -0.2) is 30.5 Å². The molecule has 142 valence electrons. The van der Waals surface area contributed by atoms with E-state index in [2.05, 4.69) is 0 Å². The van der Waals surface area contributed by atoms with E-state index in [1.807, 2.05) is 0 Å². The molecule has 0 unspecified atom stereocenters. The summed E-state index contributed by atoms with van der Waals surface area (Å²) in [7, 11) is -2.55. The normalized spacial score (nSPS) is 13.8. The van der Waals surface area contributed by atoms with Crippen molar-refractivity contribution in [1.82, 2.24) is 8.87 Å². The fourth-order valence-electron chi connectivity index (χ4n) is 2.34. The number of pyridine rings is 1. The van der Waals surface area contributed by atoms with Gasteiger partial charge in [-0.1, -0.05) is 35.3 Å². The van der Waals surface area contributed by atoms with Gasteiger partial charge in [0.2, 0.25) is 10.0 Å². The van der Waals surface area contributed by atoms with E-state index < -0.39 is 37.7 Å². The van der Waals surface area contributed by atoms with Crippen LogP contribution in [-0.2, 0) is 17.1 Å². The minimum atomic E-state index is -4.89. The molecule has 1 atom stereocenters. The highest BCUT2D eigenvalue weighted by Gasteiger charge is 2.47. The molecule has 0 saturated carbocycles. The van der Waals surface area contributed by atoms with Gasteiger partial charge in [-0.15, -0.1) is 0 Å². The molecule has 1 aromatic carbocycles. The van der Waals surface area contributed by atoms with Gasteiger partial charge < -0.3 is 4.57 Å². The number of benzene rings is 1. The second-order valence-electron chi connectivity index (χ2n) is 5.46. The third kappa shape index (κ3) is 4.06. The summed E-state index contributed by atoms with van der Waals surface area (Å²) in [4.78, 5) is 11.1. The molecule has 1 aromatic heterocycles. The van der Waals surface area contributed by atoms with Crippen molar-refractivity contribution in [3.05, 3.63) is 62.5 Å². The largest absolute Gasteiger partial charge is 0.409 e. The van der Waals surface area contributed by atoms with Crippen molar-refractivity contribution in [1.29, 1.82) is 0 Å². The van der Waals surface area contributed by atoms with Gasteiger partial charge >= 0.3 is 6.18 Å². The summed E-state index contributed by atoms with van der Waals surface area (Å²) in [5.41, 5.74) is -0.970. The predicted molar refractivity (Wildman–Crippen MR) is 91.9 cm³/mol. The molecule has 2 aromatic rings. The van der Waals surface area contributed by atoms with Gasteiger partial charge in [0.05, 0.1) is 0 Å². The van der Waals surface area contributed by atoms with E-state index >= 15 is 0 Å². The first kappa shape index (κ1) is 20.8. The zero-order valence-corrected chi connectivity index (χ0v) is 15.8. The molecule has 0 amide bonds. The van der Waals surface area contributed by atoms with Gasteiger partial charge in [-0.05, 0) is 23.8 Å². The van der Waals surface area contributed by atoms with Crippen molar-refractivity contribution in [3.8, 4) is 0 Å². The van der Waals surface area contributed by atoms with Crippen LogP contribution >= 0.6 is 23.2 Å². The standard InChI is InChI=1S/C15H13Cl2F3N2O3S/c1-21-8-11(7-12(17)14(21)23)26(24,25)22(2)13(15(18,19)20)9-3-5-10(16)6-4-9/h3-8,13H,1-2H3/t13-/m1/s1. The van der Waals surface area contributed by atoms with E-state index in [1.54, 1.807) is 0 Å². The molecule has 11 heteroatoms. The Labute approximate surface area is 157 Å². The number of aromatic nitrogens is 1. The Morgan fingerprint density at radius 2 is 1.69 bits per heavy atom. The first-order valence-corrected chi connectivity index (χ1v) is 9.21. The lowest BCUT2D eigenvalue weighted by Gasteiger charge is -2.29. The van der Waals surface area contributed by atoms with Gasteiger partial charge in [-0.2, -0.15) is 17.5 Å². The van der Waals surface area contributed by atoms with Crippen LogP contribution in [0.5, 0.6) is 0 Å². The number of hydrogen-bond donors (Lipinski definition) is 0. The van der Waals surface area contributed by atoms with Crippen molar-refractivity contribution < 1.29 is 21.6 Å². The first-order chi connectivity index (χ1) is 11.9. The summed E-state index contributed by atoms with van der Waals surface area (Å²) in [5.74, 6) is 0. The van der Waals surface area contributed by atoms with Crippen LogP contribution in [0.1, 0.15) is 11.6 Å². The average Bonchev–Trinajstić information content (AvgIpc) is 2.52. The third-order valence-corrected chi connectivity index (χ3v) is 5.96. The van der Waals surface area contributed by atoms with Crippen LogP contribution in [0.2, 0.25) is 10.0 Å². The molecule has 1 heterocycles. The molecule has 0 aliphatic rings. The molecule has 5 nitrogen and oxygen atoms in total. The Hall–Kier alpha value is -1.55. The zero-order valence-electron chi connectivity index (χ0n) is 13.5. The van der Waals surface area contributed by atoms with Gasteiger partial charge in [0.15, 0.2) is 0 Å². The molecule has 0 aliphatic heterocycles. The second-order valence-corrected chi connectivity index (χ2v) is 8.30. The van der Waals surface area contributed by atoms with Crippen molar-refractivity contribution >= 4 is 33.2 Å². The Balaban J connectivity index is 2.59. The quantitative estimate of drug-likeness (QED) is 0.746. The van der Waals surface area contributed by atoms with Crippen molar-refractivity contribution in [2.24, 2.45) is 7.05 Å². The highest BCUT2D eigenvalue weighted by molar-refractivity contribution is 7.89. The van der Waals surface area contributed by atoms with E-state index in [1.165, 1.54) is 19.2 Å². The molecule has 0 bridgehead atoms. The maximum atomic E-state index is 13.6. The monoisotopic (exact) mass is 428 g/mol.